The topological polar surface area (TPSA) is 30.5 Å². The third-order valence-electron chi connectivity index (χ3n) is 2.16. The molecule has 0 bridgehead atoms. The molecule has 0 spiro atoms. The highest BCUT2D eigenvalue weighted by Gasteiger charge is 2.09. The molecule has 1 aromatic carbocycles. The second-order valence-electron chi connectivity index (χ2n) is 3.22. The first kappa shape index (κ1) is 16.1. The average Bonchev–Trinajstić information content (AvgIpc) is 2.31. The number of methoxy groups -OCH3 is 2. The lowest BCUT2D eigenvalue weighted by molar-refractivity contribution is 0.354. The number of rotatable bonds is 6. The number of halogens is 2. The van der Waals surface area contributed by atoms with Crippen LogP contribution in [-0.2, 0) is 6.54 Å². The molecule has 0 unspecified atom stereocenters. The third-order valence-corrected chi connectivity index (χ3v) is 2.51. The number of benzene rings is 1. The van der Waals surface area contributed by atoms with Crippen LogP contribution in [0.5, 0.6) is 11.5 Å². The van der Waals surface area contributed by atoms with Gasteiger partial charge in [0.1, 0.15) is 0 Å². The van der Waals surface area contributed by atoms with Gasteiger partial charge in [0.25, 0.3) is 0 Å². The van der Waals surface area contributed by atoms with E-state index >= 15 is 0 Å². The van der Waals surface area contributed by atoms with Crippen molar-refractivity contribution in [2.75, 3.05) is 20.8 Å². The van der Waals surface area contributed by atoms with Crippen LogP contribution in [0, 0.1) is 0 Å². The molecule has 17 heavy (non-hydrogen) atoms. The molecule has 5 heteroatoms. The summed E-state index contributed by atoms with van der Waals surface area (Å²) in [6.07, 6.45) is 1.80. The Labute approximate surface area is 113 Å². The van der Waals surface area contributed by atoms with Gasteiger partial charge in [-0.3, -0.25) is 0 Å². The zero-order chi connectivity index (χ0) is 12.0. The Bertz CT molecular complexity index is 370. The number of hydrogen-bond donors (Lipinski definition) is 1. The zero-order valence-corrected chi connectivity index (χ0v) is 11.5. The van der Waals surface area contributed by atoms with Gasteiger partial charge in [-0.25, -0.2) is 0 Å². The molecule has 0 radical (unpaired) electrons. The summed E-state index contributed by atoms with van der Waals surface area (Å²) in [7, 11) is 3.19. The summed E-state index contributed by atoms with van der Waals surface area (Å²) in [5.74, 6) is 1.32. The van der Waals surface area contributed by atoms with Crippen molar-refractivity contribution in [3.63, 3.8) is 0 Å². The van der Waals surface area contributed by atoms with Gasteiger partial charge >= 0.3 is 0 Å². The Morgan fingerprint density at radius 2 is 1.88 bits per heavy atom. The predicted molar refractivity (Wildman–Crippen MR) is 73.7 cm³/mol. The Morgan fingerprint density at radius 1 is 1.29 bits per heavy atom. The lowest BCUT2D eigenvalue weighted by Gasteiger charge is -2.11. The quantitative estimate of drug-likeness (QED) is 0.641. The van der Waals surface area contributed by atoms with E-state index in [1.807, 2.05) is 6.07 Å². The van der Waals surface area contributed by atoms with E-state index in [1.54, 1.807) is 26.4 Å². The Hall–Kier alpha value is -0.900. The number of nitrogens with one attached hydrogen (secondary N) is 1. The van der Waals surface area contributed by atoms with Crippen molar-refractivity contribution >= 4 is 24.0 Å². The molecule has 96 valence electrons. The first-order valence-corrected chi connectivity index (χ1v) is 5.32. The fourth-order valence-corrected chi connectivity index (χ4v) is 1.56. The third kappa shape index (κ3) is 4.46. The van der Waals surface area contributed by atoms with E-state index < -0.39 is 0 Å². The Kier molecular flexibility index (Phi) is 7.79. The maximum absolute atomic E-state index is 6.11. The van der Waals surface area contributed by atoms with E-state index in [0.717, 1.165) is 12.1 Å². The van der Waals surface area contributed by atoms with Gasteiger partial charge < -0.3 is 14.8 Å². The van der Waals surface area contributed by atoms with Gasteiger partial charge in [0.15, 0.2) is 11.5 Å². The van der Waals surface area contributed by atoms with Crippen LogP contribution in [0.4, 0.5) is 0 Å². The predicted octanol–water partition coefficient (Wildman–Crippen LogP) is 3.05. The van der Waals surface area contributed by atoms with E-state index in [9.17, 15) is 0 Å². The van der Waals surface area contributed by atoms with Crippen molar-refractivity contribution in [1.29, 1.82) is 0 Å². The molecule has 0 aromatic heterocycles. The van der Waals surface area contributed by atoms with Gasteiger partial charge in [0, 0.05) is 24.2 Å². The van der Waals surface area contributed by atoms with E-state index in [4.69, 9.17) is 21.1 Å². The number of ether oxygens (including phenoxy) is 2. The fourth-order valence-electron chi connectivity index (χ4n) is 1.34. The normalized spacial score (nSPS) is 9.35. The largest absolute Gasteiger partial charge is 0.493 e. The molecular weight excluding hydrogens is 261 g/mol. The van der Waals surface area contributed by atoms with Crippen LogP contribution in [0.1, 0.15) is 5.56 Å². The monoisotopic (exact) mass is 277 g/mol. The molecule has 0 heterocycles. The van der Waals surface area contributed by atoms with Crippen molar-refractivity contribution in [3.8, 4) is 11.5 Å². The summed E-state index contributed by atoms with van der Waals surface area (Å²) in [6, 6.07) is 3.63. The first-order chi connectivity index (χ1) is 7.72. The van der Waals surface area contributed by atoms with Crippen molar-refractivity contribution in [2.24, 2.45) is 0 Å². The Morgan fingerprint density at radius 3 is 2.41 bits per heavy atom. The maximum atomic E-state index is 6.11. The van der Waals surface area contributed by atoms with Gasteiger partial charge in [0.2, 0.25) is 0 Å². The molecule has 1 aromatic rings. The standard InChI is InChI=1S/C12H16ClNO2.ClH/c1-4-5-14-8-9-6-11(15-2)12(16-3)7-10(9)13;/h4,6-7,14H,1,5,8H2,2-3H3;1H. The van der Waals surface area contributed by atoms with Gasteiger partial charge in [-0.15, -0.1) is 19.0 Å². The summed E-state index contributed by atoms with van der Waals surface area (Å²) in [6.45, 7) is 5.05. The lowest BCUT2D eigenvalue weighted by atomic mass is 10.2. The van der Waals surface area contributed by atoms with Crippen molar-refractivity contribution in [3.05, 3.63) is 35.4 Å². The van der Waals surface area contributed by atoms with Gasteiger partial charge in [-0.2, -0.15) is 0 Å². The highest BCUT2D eigenvalue weighted by molar-refractivity contribution is 6.31. The van der Waals surface area contributed by atoms with Crippen LogP contribution in [-0.4, -0.2) is 20.8 Å². The molecule has 1 N–H and O–H groups in total. The second-order valence-corrected chi connectivity index (χ2v) is 3.63. The second kappa shape index (κ2) is 8.23. The summed E-state index contributed by atoms with van der Waals surface area (Å²) < 4.78 is 10.4. The van der Waals surface area contributed by atoms with Gasteiger partial charge in [-0.1, -0.05) is 17.7 Å². The zero-order valence-electron chi connectivity index (χ0n) is 9.96. The molecule has 0 aliphatic heterocycles. The van der Waals surface area contributed by atoms with Crippen LogP contribution < -0.4 is 14.8 Å². The molecule has 0 saturated carbocycles. The number of hydrogen-bond acceptors (Lipinski definition) is 3. The molecule has 1 rings (SSSR count). The highest BCUT2D eigenvalue weighted by atomic mass is 35.5. The summed E-state index contributed by atoms with van der Waals surface area (Å²) in [4.78, 5) is 0. The van der Waals surface area contributed by atoms with Crippen molar-refractivity contribution < 1.29 is 9.47 Å². The van der Waals surface area contributed by atoms with Gasteiger partial charge in [0.05, 0.1) is 14.2 Å². The molecular formula is C12H17Cl2NO2. The fraction of sp³-hybridized carbons (Fsp3) is 0.333. The van der Waals surface area contributed by atoms with E-state index in [1.165, 1.54) is 0 Å². The van der Waals surface area contributed by atoms with Crippen LogP contribution in [0.15, 0.2) is 24.8 Å². The minimum absolute atomic E-state index is 0. The lowest BCUT2D eigenvalue weighted by Crippen LogP contribution is -2.13. The summed E-state index contributed by atoms with van der Waals surface area (Å²) in [5, 5.41) is 3.84. The van der Waals surface area contributed by atoms with Crippen LogP contribution in [0.3, 0.4) is 0 Å². The highest BCUT2D eigenvalue weighted by Crippen LogP contribution is 2.32. The SMILES string of the molecule is C=CCNCc1cc(OC)c(OC)cc1Cl.Cl. The minimum Gasteiger partial charge on any atom is -0.493 e. The van der Waals surface area contributed by atoms with Crippen LogP contribution in [0.25, 0.3) is 0 Å². The van der Waals surface area contributed by atoms with Crippen molar-refractivity contribution in [2.45, 2.75) is 6.54 Å². The Balaban J connectivity index is 0.00000256. The first-order valence-electron chi connectivity index (χ1n) is 4.95. The molecule has 0 saturated heterocycles. The maximum Gasteiger partial charge on any atom is 0.162 e. The van der Waals surface area contributed by atoms with E-state index in [-0.39, 0.29) is 12.4 Å². The molecule has 0 aliphatic rings. The molecule has 0 fully saturated rings. The van der Waals surface area contributed by atoms with Crippen LogP contribution >= 0.6 is 24.0 Å². The van der Waals surface area contributed by atoms with E-state index in [2.05, 4.69) is 11.9 Å². The van der Waals surface area contributed by atoms with Crippen LogP contribution in [0.2, 0.25) is 5.02 Å². The average molecular weight is 278 g/mol. The van der Waals surface area contributed by atoms with Gasteiger partial charge in [-0.05, 0) is 11.6 Å². The summed E-state index contributed by atoms with van der Waals surface area (Å²) >= 11 is 6.11. The minimum atomic E-state index is 0. The molecule has 0 aliphatic carbocycles. The molecule has 3 nitrogen and oxygen atoms in total. The van der Waals surface area contributed by atoms with E-state index in [0.29, 0.717) is 23.1 Å². The summed E-state index contributed by atoms with van der Waals surface area (Å²) in [5.41, 5.74) is 0.973. The smallest absolute Gasteiger partial charge is 0.162 e. The molecule has 0 amide bonds. The molecule has 0 atom stereocenters. The van der Waals surface area contributed by atoms with Crippen molar-refractivity contribution in [1.82, 2.24) is 5.32 Å².